The first-order valence-electron chi connectivity index (χ1n) is 9.00. The maximum atomic E-state index is 10.3. The predicted molar refractivity (Wildman–Crippen MR) is 121 cm³/mol. The average molecular weight is 389 g/mol. The lowest BCUT2D eigenvalue weighted by atomic mass is 10.3. The van der Waals surface area contributed by atoms with E-state index < -0.39 is 0 Å². The number of nitrogens with zero attached hydrogens (tertiary/aromatic N) is 2. The third-order valence-corrected chi connectivity index (χ3v) is 2.87. The van der Waals surface area contributed by atoms with Gasteiger partial charge in [-0.25, -0.2) is 0 Å². The van der Waals surface area contributed by atoms with Crippen molar-refractivity contribution in [2.75, 3.05) is 20.6 Å². The number of allylic oxidation sites excluding steroid dienone is 4. The first-order valence-corrected chi connectivity index (χ1v) is 9.00. The zero-order valence-corrected chi connectivity index (χ0v) is 18.1. The Morgan fingerprint density at radius 3 is 2.29 bits per heavy atom. The molecule has 3 N–H and O–H groups in total. The SMILES string of the molecule is C=C/C=C(N)\C=C/C.C=O.CC.CCN(C)C.O=Cc1cc2ccncc2[nH]1. The van der Waals surface area contributed by atoms with E-state index in [1.165, 1.54) is 0 Å². The van der Waals surface area contributed by atoms with Gasteiger partial charge in [0, 0.05) is 17.3 Å². The number of hydrogen-bond donors (Lipinski definition) is 2. The topological polar surface area (TPSA) is 92.1 Å². The van der Waals surface area contributed by atoms with Crippen LogP contribution in [0.25, 0.3) is 10.9 Å². The monoisotopic (exact) mass is 388 g/mol. The molecule has 0 fully saturated rings. The number of aromatic nitrogens is 2. The highest BCUT2D eigenvalue weighted by atomic mass is 16.1. The van der Waals surface area contributed by atoms with Crippen molar-refractivity contribution in [2.45, 2.75) is 27.7 Å². The second-order valence-corrected chi connectivity index (χ2v) is 5.10. The molecule has 0 radical (unpaired) electrons. The summed E-state index contributed by atoms with van der Waals surface area (Å²) in [6.45, 7) is 14.7. The minimum Gasteiger partial charge on any atom is -0.399 e. The molecule has 0 amide bonds. The van der Waals surface area contributed by atoms with Crippen molar-refractivity contribution in [1.29, 1.82) is 0 Å². The highest BCUT2D eigenvalue weighted by Gasteiger charge is 1.96. The molecule has 0 aliphatic heterocycles. The van der Waals surface area contributed by atoms with Gasteiger partial charge in [-0.05, 0) is 51.8 Å². The number of hydrogen-bond acceptors (Lipinski definition) is 5. The van der Waals surface area contributed by atoms with Crippen LogP contribution in [0.4, 0.5) is 0 Å². The fourth-order valence-corrected chi connectivity index (χ4v) is 1.44. The van der Waals surface area contributed by atoms with Gasteiger partial charge < -0.3 is 20.4 Å². The minimum atomic E-state index is 0.591. The summed E-state index contributed by atoms with van der Waals surface area (Å²) in [6.07, 6.45) is 11.3. The Morgan fingerprint density at radius 1 is 1.32 bits per heavy atom. The molecule has 6 heteroatoms. The molecule has 0 saturated carbocycles. The van der Waals surface area contributed by atoms with Crippen LogP contribution in [-0.2, 0) is 4.79 Å². The smallest absolute Gasteiger partial charge is 0.166 e. The van der Waals surface area contributed by atoms with E-state index in [4.69, 9.17) is 10.5 Å². The van der Waals surface area contributed by atoms with Crippen LogP contribution in [-0.4, -0.2) is 48.6 Å². The van der Waals surface area contributed by atoms with Gasteiger partial charge in [0.1, 0.15) is 6.79 Å². The highest BCUT2D eigenvalue weighted by Crippen LogP contribution is 2.11. The van der Waals surface area contributed by atoms with Crippen molar-refractivity contribution >= 4 is 24.0 Å². The Morgan fingerprint density at radius 2 is 1.89 bits per heavy atom. The maximum Gasteiger partial charge on any atom is 0.166 e. The molecule has 0 aliphatic carbocycles. The van der Waals surface area contributed by atoms with E-state index in [1.807, 2.05) is 45.8 Å². The van der Waals surface area contributed by atoms with Crippen LogP contribution < -0.4 is 5.73 Å². The van der Waals surface area contributed by atoms with Crippen LogP contribution >= 0.6 is 0 Å². The summed E-state index contributed by atoms with van der Waals surface area (Å²) < 4.78 is 0. The molecule has 0 aromatic carbocycles. The largest absolute Gasteiger partial charge is 0.399 e. The van der Waals surface area contributed by atoms with E-state index >= 15 is 0 Å². The van der Waals surface area contributed by atoms with Gasteiger partial charge in [-0.3, -0.25) is 9.78 Å². The number of carbonyl (C=O) groups excluding carboxylic acids is 2. The van der Waals surface area contributed by atoms with Crippen LogP contribution in [0.1, 0.15) is 38.2 Å². The molecule has 0 aliphatic rings. The van der Waals surface area contributed by atoms with E-state index in [1.54, 1.807) is 30.6 Å². The lowest BCUT2D eigenvalue weighted by Crippen LogP contribution is -2.08. The Hall–Kier alpha value is -2.99. The van der Waals surface area contributed by atoms with Crippen LogP contribution in [0.5, 0.6) is 0 Å². The zero-order valence-electron chi connectivity index (χ0n) is 18.1. The number of aldehydes is 1. The number of rotatable bonds is 4. The second kappa shape index (κ2) is 22.1. The average Bonchev–Trinajstić information content (AvgIpc) is 3.16. The fourth-order valence-electron chi connectivity index (χ4n) is 1.44. The van der Waals surface area contributed by atoms with Gasteiger partial charge >= 0.3 is 0 Å². The number of H-pyrrole nitrogens is 1. The standard InChI is InChI=1S/C8H6N2O.C7H11N.C4H11N.C2H6.CH2O/c11-5-7-3-6-1-2-9-4-8(6)10-7;1-3-5-7(8)6-4-2;1-4-5(2)3;2*1-2/h1-5,10H;3-6H,1,8H2,2H3;4H2,1-3H3;1-2H3;1H2/b;6-4-,7-5+;;;. The summed E-state index contributed by atoms with van der Waals surface area (Å²) in [4.78, 5) is 27.3. The van der Waals surface area contributed by atoms with E-state index in [0.29, 0.717) is 5.69 Å². The third kappa shape index (κ3) is 16.5. The summed E-state index contributed by atoms with van der Waals surface area (Å²) in [6, 6.07) is 3.66. The molecular weight excluding hydrogens is 352 g/mol. The van der Waals surface area contributed by atoms with Crippen LogP contribution in [0, 0.1) is 0 Å². The Kier molecular flexibility index (Phi) is 23.4. The number of nitrogens with two attached hydrogens (primary N) is 1. The zero-order chi connectivity index (χ0) is 22.4. The number of nitrogens with one attached hydrogen (secondary N) is 1. The molecule has 2 aromatic heterocycles. The van der Waals surface area contributed by atoms with Crippen molar-refractivity contribution in [3.05, 3.63) is 66.8 Å². The molecule has 28 heavy (non-hydrogen) atoms. The quantitative estimate of drug-likeness (QED) is 0.599. The van der Waals surface area contributed by atoms with Crippen LogP contribution in [0.3, 0.4) is 0 Å². The van der Waals surface area contributed by atoms with Gasteiger partial charge in [0.2, 0.25) is 0 Å². The summed E-state index contributed by atoms with van der Waals surface area (Å²) in [5.74, 6) is 0. The number of fused-ring (bicyclic) bond motifs is 1. The fraction of sp³-hybridized carbons (Fsp3) is 0.318. The molecule has 2 heterocycles. The summed E-state index contributed by atoms with van der Waals surface area (Å²) >= 11 is 0. The second-order valence-electron chi connectivity index (χ2n) is 5.10. The Bertz CT molecular complexity index is 656. The Balaban J connectivity index is -0.000000327. The number of aromatic amines is 1. The predicted octanol–water partition coefficient (Wildman–Crippen LogP) is 4.38. The maximum absolute atomic E-state index is 10.3. The molecule has 156 valence electrons. The van der Waals surface area contributed by atoms with Gasteiger partial charge in [0.15, 0.2) is 6.29 Å². The van der Waals surface area contributed by atoms with Crippen molar-refractivity contribution < 1.29 is 9.59 Å². The first kappa shape index (κ1) is 29.8. The van der Waals surface area contributed by atoms with Crippen molar-refractivity contribution in [3.8, 4) is 0 Å². The first-order chi connectivity index (χ1) is 13.5. The molecular formula is C22H36N4O2. The molecule has 2 aromatic rings. The molecule has 6 nitrogen and oxygen atoms in total. The van der Waals surface area contributed by atoms with E-state index in [-0.39, 0.29) is 0 Å². The van der Waals surface area contributed by atoms with E-state index in [0.717, 1.165) is 29.4 Å². The normalized spacial score (nSPS) is 9.61. The lowest BCUT2D eigenvalue weighted by Gasteiger charge is -2.00. The van der Waals surface area contributed by atoms with Gasteiger partial charge in [0.05, 0.1) is 17.4 Å². The van der Waals surface area contributed by atoms with E-state index in [9.17, 15) is 4.79 Å². The van der Waals surface area contributed by atoms with Crippen molar-refractivity contribution in [1.82, 2.24) is 14.9 Å². The summed E-state index contributed by atoms with van der Waals surface area (Å²) in [7, 11) is 4.11. The summed E-state index contributed by atoms with van der Waals surface area (Å²) in [5.41, 5.74) is 7.62. The molecule has 2 rings (SSSR count). The number of carbonyl (C=O) groups is 2. The van der Waals surface area contributed by atoms with Crippen LogP contribution in [0.15, 0.2) is 61.1 Å². The molecule has 0 bridgehead atoms. The number of pyridine rings is 1. The molecule has 0 atom stereocenters. The van der Waals surface area contributed by atoms with Gasteiger partial charge in [-0.15, -0.1) is 0 Å². The van der Waals surface area contributed by atoms with Crippen molar-refractivity contribution in [3.63, 3.8) is 0 Å². The lowest BCUT2D eigenvalue weighted by molar-refractivity contribution is -0.0980. The Labute approximate surface area is 169 Å². The van der Waals surface area contributed by atoms with Crippen LogP contribution in [0.2, 0.25) is 0 Å². The molecule has 0 unspecified atom stereocenters. The summed E-state index contributed by atoms with van der Waals surface area (Å²) in [5, 5.41) is 1.02. The van der Waals surface area contributed by atoms with E-state index in [2.05, 4.69) is 42.5 Å². The third-order valence-electron chi connectivity index (χ3n) is 2.87. The minimum absolute atomic E-state index is 0.591. The van der Waals surface area contributed by atoms with Crippen molar-refractivity contribution in [2.24, 2.45) is 5.73 Å². The molecule has 0 spiro atoms. The van der Waals surface area contributed by atoms with Gasteiger partial charge in [-0.2, -0.15) is 0 Å². The highest BCUT2D eigenvalue weighted by molar-refractivity contribution is 5.87. The van der Waals surface area contributed by atoms with Gasteiger partial charge in [-0.1, -0.05) is 39.5 Å². The van der Waals surface area contributed by atoms with Gasteiger partial charge in [0.25, 0.3) is 0 Å². The molecule has 0 saturated heterocycles.